The minimum absolute atomic E-state index is 0.203. The van der Waals surface area contributed by atoms with Crippen LogP contribution < -0.4 is 4.90 Å². The van der Waals surface area contributed by atoms with Gasteiger partial charge in [0.2, 0.25) is 0 Å². The first kappa shape index (κ1) is 10.2. The summed E-state index contributed by atoms with van der Waals surface area (Å²) in [4.78, 5) is 16.3. The molecule has 1 aliphatic rings. The van der Waals surface area contributed by atoms with Gasteiger partial charge in [0.15, 0.2) is 0 Å². The normalized spacial score (nSPS) is 17.7. The summed E-state index contributed by atoms with van der Waals surface area (Å²) >= 11 is 5.76. The lowest BCUT2D eigenvalue weighted by Gasteiger charge is -2.17. The summed E-state index contributed by atoms with van der Waals surface area (Å²) in [5.41, 5.74) is 1.37. The van der Waals surface area contributed by atoms with E-state index in [-0.39, 0.29) is 5.41 Å². The smallest absolute Gasteiger partial charge is 0.411 e. The molecule has 0 saturated heterocycles. The number of hydrogen-bond donors (Lipinski definition) is 1. The SMILES string of the molecule is CC1(C)CN(C(=O)O)c2cc(Cl)ncc21. The number of aromatic nitrogens is 1. The fourth-order valence-corrected chi connectivity index (χ4v) is 2.05. The summed E-state index contributed by atoms with van der Waals surface area (Å²) in [5.74, 6) is 0. The van der Waals surface area contributed by atoms with Crippen LogP contribution in [0.5, 0.6) is 0 Å². The molecular formula is C10H11ClN2O2. The highest BCUT2D eigenvalue weighted by Crippen LogP contribution is 2.40. The molecule has 1 N–H and O–H groups in total. The molecule has 0 fully saturated rings. The highest BCUT2D eigenvalue weighted by molar-refractivity contribution is 6.29. The third kappa shape index (κ3) is 1.55. The van der Waals surface area contributed by atoms with E-state index in [2.05, 4.69) is 4.98 Å². The number of rotatable bonds is 0. The molecule has 0 unspecified atom stereocenters. The predicted molar refractivity (Wildman–Crippen MR) is 57.6 cm³/mol. The van der Waals surface area contributed by atoms with E-state index in [4.69, 9.17) is 16.7 Å². The van der Waals surface area contributed by atoms with E-state index in [9.17, 15) is 4.79 Å². The maximum absolute atomic E-state index is 11.0. The topological polar surface area (TPSA) is 53.4 Å². The summed E-state index contributed by atoms with van der Waals surface area (Å²) < 4.78 is 0. The van der Waals surface area contributed by atoms with Gasteiger partial charge >= 0.3 is 6.09 Å². The number of anilines is 1. The molecule has 5 heteroatoms. The number of hydrogen-bond acceptors (Lipinski definition) is 2. The lowest BCUT2D eigenvalue weighted by atomic mass is 9.88. The van der Waals surface area contributed by atoms with Gasteiger partial charge in [-0.05, 0) is 6.07 Å². The van der Waals surface area contributed by atoms with Gasteiger partial charge in [-0.2, -0.15) is 0 Å². The molecule has 4 nitrogen and oxygen atoms in total. The molecule has 0 saturated carbocycles. The van der Waals surface area contributed by atoms with Gasteiger partial charge in [0.05, 0.1) is 5.69 Å². The zero-order valence-corrected chi connectivity index (χ0v) is 9.25. The van der Waals surface area contributed by atoms with Crippen LogP contribution in [-0.4, -0.2) is 22.7 Å². The van der Waals surface area contributed by atoms with Crippen LogP contribution in [0, 0.1) is 0 Å². The van der Waals surface area contributed by atoms with Crippen molar-refractivity contribution in [2.24, 2.45) is 0 Å². The van der Waals surface area contributed by atoms with E-state index >= 15 is 0 Å². The monoisotopic (exact) mass is 226 g/mol. The van der Waals surface area contributed by atoms with Gasteiger partial charge in [0, 0.05) is 23.7 Å². The van der Waals surface area contributed by atoms with Gasteiger partial charge in [0.1, 0.15) is 5.15 Å². The Morgan fingerprint density at radius 3 is 2.93 bits per heavy atom. The van der Waals surface area contributed by atoms with Gasteiger partial charge in [-0.25, -0.2) is 9.78 Å². The van der Waals surface area contributed by atoms with Crippen molar-refractivity contribution in [1.82, 2.24) is 4.98 Å². The summed E-state index contributed by atoms with van der Waals surface area (Å²) in [6.07, 6.45) is 0.699. The van der Waals surface area contributed by atoms with Crippen LogP contribution in [-0.2, 0) is 5.41 Å². The van der Waals surface area contributed by atoms with Gasteiger partial charge in [-0.15, -0.1) is 0 Å². The third-order valence-electron chi connectivity index (χ3n) is 2.65. The Bertz CT molecular complexity index is 431. The van der Waals surface area contributed by atoms with Crippen LogP contribution in [0.1, 0.15) is 19.4 Å². The highest BCUT2D eigenvalue weighted by atomic mass is 35.5. The van der Waals surface area contributed by atoms with Crippen molar-refractivity contribution in [3.05, 3.63) is 23.0 Å². The molecule has 1 amide bonds. The molecule has 0 aromatic carbocycles. The summed E-state index contributed by atoms with van der Waals surface area (Å²) in [6, 6.07) is 1.60. The minimum Gasteiger partial charge on any atom is -0.465 e. The van der Waals surface area contributed by atoms with Gasteiger partial charge in [-0.1, -0.05) is 25.4 Å². The van der Waals surface area contributed by atoms with Crippen LogP contribution >= 0.6 is 11.6 Å². The lowest BCUT2D eigenvalue weighted by molar-refractivity contribution is 0.201. The second-order valence-electron chi connectivity index (χ2n) is 4.28. The van der Waals surface area contributed by atoms with E-state index in [0.29, 0.717) is 17.4 Å². The maximum atomic E-state index is 11.0. The Morgan fingerprint density at radius 2 is 2.33 bits per heavy atom. The average Bonchev–Trinajstić information content (AvgIpc) is 2.38. The number of pyridine rings is 1. The number of fused-ring (bicyclic) bond motifs is 1. The lowest BCUT2D eigenvalue weighted by Crippen LogP contribution is -2.32. The summed E-state index contributed by atoms with van der Waals surface area (Å²) in [6.45, 7) is 4.43. The van der Waals surface area contributed by atoms with Crippen LogP contribution in [0.15, 0.2) is 12.3 Å². The molecule has 1 aromatic rings. The molecule has 80 valence electrons. The molecule has 15 heavy (non-hydrogen) atoms. The zero-order valence-electron chi connectivity index (χ0n) is 8.49. The van der Waals surface area contributed by atoms with Crippen LogP contribution in [0.4, 0.5) is 10.5 Å². The van der Waals surface area contributed by atoms with Crippen molar-refractivity contribution < 1.29 is 9.90 Å². The second kappa shape index (κ2) is 3.10. The Kier molecular flexibility index (Phi) is 2.12. The van der Waals surface area contributed by atoms with Crippen LogP contribution in [0.3, 0.4) is 0 Å². The Morgan fingerprint density at radius 1 is 1.67 bits per heavy atom. The van der Waals surface area contributed by atoms with E-state index in [1.54, 1.807) is 12.3 Å². The first-order valence-corrected chi connectivity index (χ1v) is 4.96. The third-order valence-corrected chi connectivity index (χ3v) is 2.86. The van der Waals surface area contributed by atoms with E-state index in [1.807, 2.05) is 13.8 Å². The summed E-state index contributed by atoms with van der Waals surface area (Å²) in [5, 5.41) is 9.36. The highest BCUT2D eigenvalue weighted by Gasteiger charge is 2.38. The first-order valence-electron chi connectivity index (χ1n) is 4.58. The van der Waals surface area contributed by atoms with Crippen molar-refractivity contribution >= 4 is 23.4 Å². The Labute approximate surface area is 92.5 Å². The number of carboxylic acid groups (broad SMARTS) is 1. The number of halogens is 1. The Hall–Kier alpha value is -1.29. The molecule has 1 aliphatic heterocycles. The van der Waals surface area contributed by atoms with Gasteiger partial charge < -0.3 is 5.11 Å². The van der Waals surface area contributed by atoms with Crippen molar-refractivity contribution in [2.45, 2.75) is 19.3 Å². The maximum Gasteiger partial charge on any atom is 0.411 e. The molecule has 0 aliphatic carbocycles. The molecule has 0 radical (unpaired) electrons. The molecule has 1 aromatic heterocycles. The van der Waals surface area contributed by atoms with Crippen LogP contribution in [0.2, 0.25) is 5.15 Å². The molecule has 2 rings (SSSR count). The summed E-state index contributed by atoms with van der Waals surface area (Å²) in [7, 11) is 0. The number of nitrogens with zero attached hydrogens (tertiary/aromatic N) is 2. The Balaban J connectivity index is 2.58. The quantitative estimate of drug-likeness (QED) is 0.692. The molecule has 0 spiro atoms. The number of amides is 1. The predicted octanol–water partition coefficient (Wildman–Crippen LogP) is 2.51. The fraction of sp³-hybridized carbons (Fsp3) is 0.400. The van der Waals surface area contributed by atoms with E-state index in [1.165, 1.54) is 4.90 Å². The standard InChI is InChI=1S/C10H11ClN2O2/c1-10(2)5-13(9(14)15)7-3-8(11)12-4-6(7)10/h3-4H,5H2,1-2H3,(H,14,15). The van der Waals surface area contributed by atoms with Crippen molar-refractivity contribution in [3.63, 3.8) is 0 Å². The second-order valence-corrected chi connectivity index (χ2v) is 4.66. The van der Waals surface area contributed by atoms with Crippen molar-refractivity contribution in [3.8, 4) is 0 Å². The minimum atomic E-state index is -0.955. The largest absolute Gasteiger partial charge is 0.465 e. The average molecular weight is 227 g/mol. The molecule has 0 bridgehead atoms. The van der Waals surface area contributed by atoms with E-state index < -0.39 is 6.09 Å². The molecule has 0 atom stereocenters. The molecular weight excluding hydrogens is 216 g/mol. The van der Waals surface area contributed by atoms with Crippen molar-refractivity contribution in [1.29, 1.82) is 0 Å². The van der Waals surface area contributed by atoms with Crippen molar-refractivity contribution in [2.75, 3.05) is 11.4 Å². The van der Waals surface area contributed by atoms with Gasteiger partial charge in [-0.3, -0.25) is 4.90 Å². The fourth-order valence-electron chi connectivity index (χ4n) is 1.90. The van der Waals surface area contributed by atoms with E-state index in [0.717, 1.165) is 5.56 Å². The first-order chi connectivity index (χ1) is 6.92. The van der Waals surface area contributed by atoms with Gasteiger partial charge in [0.25, 0.3) is 0 Å². The zero-order chi connectivity index (χ0) is 11.2. The number of carbonyl (C=O) groups is 1. The molecule has 2 heterocycles. The van der Waals surface area contributed by atoms with Crippen LogP contribution in [0.25, 0.3) is 0 Å².